The van der Waals surface area contributed by atoms with Crippen molar-refractivity contribution in [2.75, 3.05) is 18.1 Å². The molecule has 26 heavy (non-hydrogen) atoms. The second-order valence-corrected chi connectivity index (χ2v) is 9.98. The third-order valence-corrected chi connectivity index (χ3v) is 4.39. The van der Waals surface area contributed by atoms with Gasteiger partial charge in [-0.15, -0.1) is 0 Å². The lowest BCUT2D eigenvalue weighted by Gasteiger charge is -2.28. The lowest BCUT2D eigenvalue weighted by molar-refractivity contribution is -0.167. The monoisotopic (exact) mass is 396 g/mol. The van der Waals surface area contributed by atoms with E-state index < -0.39 is 56.1 Å². The Hall–Kier alpha value is -1.88. The van der Waals surface area contributed by atoms with Gasteiger partial charge in [-0.3, -0.25) is 0 Å². The van der Waals surface area contributed by atoms with E-state index in [0.29, 0.717) is 0 Å². The van der Waals surface area contributed by atoms with Gasteiger partial charge in [-0.2, -0.15) is 0 Å². The van der Waals surface area contributed by atoms with Gasteiger partial charge >= 0.3 is 18.0 Å². The molecule has 0 heterocycles. The van der Waals surface area contributed by atoms with Crippen molar-refractivity contribution in [3.63, 3.8) is 0 Å². The van der Waals surface area contributed by atoms with Gasteiger partial charge in [-0.05, 0) is 41.5 Å². The van der Waals surface area contributed by atoms with Crippen LogP contribution in [0.25, 0.3) is 0 Å². The molecule has 0 radical (unpaired) electrons. The Bertz CT molecular complexity index is 646. The minimum Gasteiger partial charge on any atom is -0.479 e. The molecule has 1 amide bonds. The first-order valence-corrected chi connectivity index (χ1v) is 9.63. The summed E-state index contributed by atoms with van der Waals surface area (Å²) >= 11 is 0. The number of amides is 1. The molecule has 0 fully saturated rings. The lowest BCUT2D eigenvalue weighted by atomic mass is 10.0. The van der Waals surface area contributed by atoms with Gasteiger partial charge in [-0.1, -0.05) is 0 Å². The summed E-state index contributed by atoms with van der Waals surface area (Å²) in [7, 11) is -4.10. The van der Waals surface area contributed by atoms with Crippen LogP contribution in [0.15, 0.2) is 0 Å². The first-order valence-electron chi connectivity index (χ1n) is 7.81. The summed E-state index contributed by atoms with van der Waals surface area (Å²) in [6, 6.07) is 0. The highest BCUT2D eigenvalue weighted by Gasteiger charge is 2.48. The number of hydrogen-bond acceptors (Lipinski definition) is 8. The summed E-state index contributed by atoms with van der Waals surface area (Å²) in [5.41, 5.74) is 0.978. The number of nitrogens with two attached hydrogens (primary N) is 1. The number of carbonyl (C=O) groups excluding carboxylic acids is 2. The van der Waals surface area contributed by atoms with Crippen LogP contribution in [0.1, 0.15) is 41.5 Å². The summed E-state index contributed by atoms with van der Waals surface area (Å²) in [5, 5.41) is 11.5. The lowest BCUT2D eigenvalue weighted by Crippen LogP contribution is -2.61. The van der Waals surface area contributed by atoms with Crippen LogP contribution < -0.4 is 11.1 Å². The highest BCUT2D eigenvalue weighted by atomic mass is 32.2. The Morgan fingerprint density at radius 3 is 1.85 bits per heavy atom. The minimum atomic E-state index is -4.10. The molecule has 11 heteroatoms. The number of rotatable bonds is 7. The minimum absolute atomic E-state index is 0.332. The van der Waals surface area contributed by atoms with Crippen LogP contribution in [0.4, 0.5) is 4.79 Å². The molecule has 0 aromatic carbocycles. The molecule has 1 unspecified atom stereocenters. The van der Waals surface area contributed by atoms with Gasteiger partial charge in [-0.25, -0.2) is 22.8 Å². The van der Waals surface area contributed by atoms with Crippen molar-refractivity contribution in [3.05, 3.63) is 0 Å². The number of carboxylic acids is 1. The molecule has 0 aliphatic heterocycles. The fourth-order valence-electron chi connectivity index (χ4n) is 1.62. The van der Waals surface area contributed by atoms with Gasteiger partial charge in [0.05, 0.1) is 11.5 Å². The number of carboxylic acid groups (broad SMARTS) is 1. The summed E-state index contributed by atoms with van der Waals surface area (Å²) in [5.74, 6) is -4.97. The van der Waals surface area contributed by atoms with Crippen molar-refractivity contribution in [3.8, 4) is 0 Å². The zero-order valence-electron chi connectivity index (χ0n) is 15.9. The van der Waals surface area contributed by atoms with Crippen LogP contribution in [0.2, 0.25) is 0 Å². The quantitative estimate of drug-likeness (QED) is 0.398. The third-order valence-electron chi connectivity index (χ3n) is 2.67. The predicted octanol–water partition coefficient (Wildman–Crippen LogP) is 0.0497. The average Bonchev–Trinajstić information content (AvgIpc) is 2.32. The van der Waals surface area contributed by atoms with Crippen molar-refractivity contribution < 1.29 is 37.4 Å². The molecule has 0 saturated heterocycles. The smallest absolute Gasteiger partial charge is 0.407 e. The van der Waals surface area contributed by atoms with E-state index >= 15 is 0 Å². The van der Waals surface area contributed by atoms with Crippen LogP contribution in [0, 0.1) is 0 Å². The summed E-state index contributed by atoms with van der Waals surface area (Å²) < 4.78 is 34.1. The maximum Gasteiger partial charge on any atom is 0.407 e. The molecule has 0 aromatic rings. The summed E-state index contributed by atoms with van der Waals surface area (Å²) in [6.07, 6.45) is -0.822. The van der Waals surface area contributed by atoms with Crippen molar-refractivity contribution in [2.45, 2.75) is 58.3 Å². The van der Waals surface area contributed by atoms with Crippen molar-refractivity contribution >= 4 is 27.9 Å². The number of esters is 1. The second-order valence-electron chi connectivity index (χ2n) is 7.80. The van der Waals surface area contributed by atoms with Crippen LogP contribution in [-0.4, -0.2) is 66.3 Å². The summed E-state index contributed by atoms with van der Waals surface area (Å²) in [4.78, 5) is 34.9. The number of nitrogens with one attached hydrogen (secondary N) is 1. The highest BCUT2D eigenvalue weighted by molar-refractivity contribution is 7.91. The number of alkyl carbamates (subject to hydrolysis) is 1. The Morgan fingerprint density at radius 1 is 1.00 bits per heavy atom. The molecule has 152 valence electrons. The number of carbonyl (C=O) groups is 3. The fraction of sp³-hybridized carbons (Fsp3) is 0.800. The molecular formula is C15H28N2O8S. The van der Waals surface area contributed by atoms with Crippen LogP contribution in [0.3, 0.4) is 0 Å². The number of aliphatic carboxylic acids is 1. The van der Waals surface area contributed by atoms with E-state index in [2.05, 4.69) is 5.32 Å². The molecule has 0 rings (SSSR count). The van der Waals surface area contributed by atoms with Crippen LogP contribution >= 0.6 is 0 Å². The molecule has 0 saturated carbocycles. The molecule has 1 atom stereocenters. The van der Waals surface area contributed by atoms with E-state index in [0.717, 1.165) is 0 Å². The van der Waals surface area contributed by atoms with Gasteiger partial charge < -0.3 is 25.6 Å². The molecule has 4 N–H and O–H groups in total. The Morgan fingerprint density at radius 2 is 1.46 bits per heavy atom. The van der Waals surface area contributed by atoms with E-state index in [-0.39, 0.29) is 6.54 Å². The van der Waals surface area contributed by atoms with Crippen molar-refractivity contribution in [2.24, 2.45) is 5.73 Å². The molecule has 10 nitrogen and oxygen atoms in total. The molecule has 0 bridgehead atoms. The topological polar surface area (TPSA) is 162 Å². The van der Waals surface area contributed by atoms with Gasteiger partial charge in [0, 0.05) is 6.54 Å². The standard InChI is InChI=1S/C15H28N2O8S/c1-13(2,3)24-11(20)15(16,10(18)19)9-26(22,23)8-7-17-12(21)25-14(4,5)6/h7-9,16H2,1-6H3,(H,17,21)(H,18,19). The first kappa shape index (κ1) is 24.1. The number of sulfone groups is 1. The maximum absolute atomic E-state index is 12.1. The highest BCUT2D eigenvalue weighted by Crippen LogP contribution is 2.16. The van der Waals surface area contributed by atoms with Crippen molar-refractivity contribution in [1.29, 1.82) is 0 Å². The maximum atomic E-state index is 12.1. The first-order chi connectivity index (χ1) is 11.4. The normalized spacial score (nSPS) is 14.9. The molecule has 0 spiro atoms. The second kappa shape index (κ2) is 8.21. The largest absolute Gasteiger partial charge is 0.479 e. The van der Waals surface area contributed by atoms with Gasteiger partial charge in [0.2, 0.25) is 5.54 Å². The van der Waals surface area contributed by atoms with Crippen LogP contribution in [0.5, 0.6) is 0 Å². The average molecular weight is 396 g/mol. The predicted molar refractivity (Wildman–Crippen MR) is 93.3 cm³/mol. The van der Waals surface area contributed by atoms with Crippen LogP contribution in [-0.2, 0) is 28.9 Å². The number of hydrogen-bond donors (Lipinski definition) is 3. The van der Waals surface area contributed by atoms with Crippen molar-refractivity contribution in [1.82, 2.24) is 5.32 Å². The van der Waals surface area contributed by atoms with E-state index in [1.807, 2.05) is 0 Å². The Balaban J connectivity index is 4.99. The van der Waals surface area contributed by atoms with Gasteiger partial charge in [0.25, 0.3) is 0 Å². The Labute approximate surface area is 153 Å². The summed E-state index contributed by atoms with van der Waals surface area (Å²) in [6.45, 7) is 9.06. The molecule has 0 aliphatic rings. The van der Waals surface area contributed by atoms with E-state index in [4.69, 9.17) is 15.2 Å². The van der Waals surface area contributed by atoms with E-state index in [9.17, 15) is 27.9 Å². The number of ether oxygens (including phenoxy) is 2. The van der Waals surface area contributed by atoms with E-state index in [1.54, 1.807) is 20.8 Å². The SMILES string of the molecule is CC(C)(C)OC(=O)NCCS(=O)(=O)CC(N)(C(=O)O)C(=O)OC(C)(C)C. The third kappa shape index (κ3) is 8.99. The zero-order valence-corrected chi connectivity index (χ0v) is 16.7. The fourth-order valence-corrected chi connectivity index (χ4v) is 3.11. The molecular weight excluding hydrogens is 368 g/mol. The van der Waals surface area contributed by atoms with Gasteiger partial charge in [0.1, 0.15) is 11.2 Å². The van der Waals surface area contributed by atoms with Gasteiger partial charge in [0.15, 0.2) is 9.84 Å². The molecule has 0 aromatic heterocycles. The van der Waals surface area contributed by atoms with E-state index in [1.165, 1.54) is 20.8 Å². The zero-order chi connectivity index (χ0) is 21.0. The molecule has 0 aliphatic carbocycles. The Kier molecular flexibility index (Phi) is 7.62.